The van der Waals surface area contributed by atoms with Gasteiger partial charge in [0.15, 0.2) is 6.10 Å². The summed E-state index contributed by atoms with van der Waals surface area (Å²) in [6.45, 7) is 4.50. The summed E-state index contributed by atoms with van der Waals surface area (Å²) in [5.41, 5.74) is 5.36. The van der Waals surface area contributed by atoms with Crippen molar-refractivity contribution in [3.8, 4) is 0 Å². The molecule has 5 N–H and O–H groups in total. The molecule has 0 saturated carbocycles. The summed E-state index contributed by atoms with van der Waals surface area (Å²) in [5.74, 6) is -1.64. The van der Waals surface area contributed by atoms with Crippen LogP contribution >= 0.6 is 7.60 Å². The predicted octanol–water partition coefficient (Wildman–Crippen LogP) is 2.49. The second-order valence-corrected chi connectivity index (χ2v) is 8.61. The topological polar surface area (TPSA) is 139 Å². The summed E-state index contributed by atoms with van der Waals surface area (Å²) in [4.78, 5) is 32.9. The molecule has 0 radical (unpaired) electrons. The number of amides is 1. The number of carbonyl (C=O) groups is 2. The molecule has 0 aromatic carbocycles. The average molecular weight is 394 g/mol. The van der Waals surface area contributed by atoms with Crippen molar-refractivity contribution in [1.29, 1.82) is 0 Å². The third-order valence-corrected chi connectivity index (χ3v) is 5.60. The lowest BCUT2D eigenvalue weighted by Crippen LogP contribution is -2.30. The zero-order valence-corrected chi connectivity index (χ0v) is 16.9. The van der Waals surface area contributed by atoms with Crippen molar-refractivity contribution in [2.45, 2.75) is 71.3 Å². The van der Waals surface area contributed by atoms with Gasteiger partial charge in [-0.1, -0.05) is 33.1 Å². The van der Waals surface area contributed by atoms with Gasteiger partial charge in [-0.25, -0.2) is 4.79 Å². The Kier molecular flexibility index (Phi) is 13.6. The molecular formula is C17H35N2O6P. The highest BCUT2D eigenvalue weighted by Gasteiger charge is 2.30. The minimum absolute atomic E-state index is 0.0770. The number of carboxylic acids is 1. The molecule has 2 unspecified atom stereocenters. The standard InChI is InChI=1S/C17H35N2O6P/c1-3-4-5-6-10-16(20)19-12-14(2)13-26(23,24)25-15(17(21)22)9-7-8-11-18/h14-15H,3-13,18H2,1-2H3,(H,19,20)(H,21,22)(H,23,24)/t14?,15-/m0/s1. The average Bonchev–Trinajstić information content (AvgIpc) is 2.55. The molecule has 0 spiro atoms. The molecule has 9 heteroatoms. The molecule has 0 aliphatic heterocycles. The van der Waals surface area contributed by atoms with Gasteiger partial charge in [-0.15, -0.1) is 0 Å². The predicted molar refractivity (Wildman–Crippen MR) is 101 cm³/mol. The highest BCUT2D eigenvalue weighted by molar-refractivity contribution is 7.52. The van der Waals surface area contributed by atoms with Crippen LogP contribution in [0.15, 0.2) is 0 Å². The van der Waals surface area contributed by atoms with Crippen LogP contribution < -0.4 is 11.1 Å². The quantitative estimate of drug-likeness (QED) is 0.233. The number of aliphatic carboxylic acids is 1. The molecule has 1 amide bonds. The molecular weight excluding hydrogens is 359 g/mol. The summed E-state index contributed by atoms with van der Waals surface area (Å²) >= 11 is 0. The van der Waals surface area contributed by atoms with Crippen molar-refractivity contribution in [3.63, 3.8) is 0 Å². The summed E-state index contributed by atoms with van der Waals surface area (Å²) in [5, 5.41) is 11.9. The van der Waals surface area contributed by atoms with Crippen LogP contribution in [-0.4, -0.2) is 47.2 Å². The van der Waals surface area contributed by atoms with E-state index in [9.17, 15) is 19.0 Å². The molecule has 0 rings (SSSR count). The molecule has 0 saturated heterocycles. The minimum Gasteiger partial charge on any atom is -0.479 e. The summed E-state index contributed by atoms with van der Waals surface area (Å²) in [7, 11) is -4.06. The fourth-order valence-corrected chi connectivity index (χ4v) is 4.08. The third-order valence-electron chi connectivity index (χ3n) is 3.94. The van der Waals surface area contributed by atoms with Crippen LogP contribution in [0.5, 0.6) is 0 Å². The van der Waals surface area contributed by atoms with Gasteiger partial charge in [-0.2, -0.15) is 0 Å². The molecule has 0 fully saturated rings. The molecule has 0 aromatic rings. The Balaban J connectivity index is 4.26. The molecule has 154 valence electrons. The van der Waals surface area contributed by atoms with Crippen LogP contribution in [-0.2, 0) is 18.7 Å². The molecule has 0 aromatic heterocycles. The zero-order valence-electron chi connectivity index (χ0n) is 16.0. The van der Waals surface area contributed by atoms with Gasteiger partial charge < -0.3 is 21.1 Å². The SMILES string of the molecule is CCCCCCC(=O)NCC(C)CP(=O)(O)O[C@@H](CCCCN)C(=O)O. The zero-order chi connectivity index (χ0) is 20.0. The fraction of sp³-hybridized carbons (Fsp3) is 0.882. The smallest absolute Gasteiger partial charge is 0.333 e. The maximum absolute atomic E-state index is 12.2. The summed E-state index contributed by atoms with van der Waals surface area (Å²) in [6, 6.07) is 0. The minimum atomic E-state index is -4.06. The van der Waals surface area contributed by atoms with E-state index in [1.807, 2.05) is 0 Å². The van der Waals surface area contributed by atoms with E-state index in [0.717, 1.165) is 25.7 Å². The van der Waals surface area contributed by atoms with Gasteiger partial charge >= 0.3 is 13.6 Å². The van der Waals surface area contributed by atoms with E-state index in [1.54, 1.807) is 6.92 Å². The Morgan fingerprint density at radius 3 is 2.46 bits per heavy atom. The number of carbonyl (C=O) groups excluding carboxylic acids is 1. The Labute approximate surface area is 156 Å². The van der Waals surface area contributed by atoms with E-state index in [1.165, 1.54) is 0 Å². The maximum atomic E-state index is 12.2. The van der Waals surface area contributed by atoms with Crippen molar-refractivity contribution < 1.29 is 28.7 Å². The summed E-state index contributed by atoms with van der Waals surface area (Å²) in [6.07, 6.45) is 4.25. The molecule has 8 nitrogen and oxygen atoms in total. The Hall–Kier alpha value is -0.950. The number of nitrogens with two attached hydrogens (primary N) is 1. The van der Waals surface area contributed by atoms with Crippen LogP contribution in [0.3, 0.4) is 0 Å². The highest BCUT2D eigenvalue weighted by Crippen LogP contribution is 2.45. The first kappa shape index (κ1) is 25.1. The number of hydrogen-bond acceptors (Lipinski definition) is 5. The van der Waals surface area contributed by atoms with E-state index in [2.05, 4.69) is 12.2 Å². The van der Waals surface area contributed by atoms with Gasteiger partial charge in [-0.3, -0.25) is 13.9 Å². The number of hydrogen-bond donors (Lipinski definition) is 4. The number of nitrogens with one attached hydrogen (secondary N) is 1. The summed E-state index contributed by atoms with van der Waals surface area (Å²) < 4.78 is 17.2. The largest absolute Gasteiger partial charge is 0.479 e. The first-order valence-electron chi connectivity index (χ1n) is 9.41. The molecule has 0 aliphatic rings. The van der Waals surface area contributed by atoms with Crippen molar-refractivity contribution >= 4 is 19.5 Å². The van der Waals surface area contributed by atoms with E-state index >= 15 is 0 Å². The Bertz CT molecular complexity index is 461. The number of unbranched alkanes of at least 4 members (excludes halogenated alkanes) is 4. The van der Waals surface area contributed by atoms with E-state index < -0.39 is 19.7 Å². The molecule has 3 atom stereocenters. The van der Waals surface area contributed by atoms with Gasteiger partial charge in [-0.05, 0) is 38.1 Å². The van der Waals surface area contributed by atoms with Crippen molar-refractivity contribution in [3.05, 3.63) is 0 Å². The maximum Gasteiger partial charge on any atom is 0.333 e. The van der Waals surface area contributed by atoms with Crippen molar-refractivity contribution in [1.82, 2.24) is 5.32 Å². The lowest BCUT2D eigenvalue weighted by atomic mass is 10.1. The normalized spacial score (nSPS) is 15.8. The second-order valence-electron chi connectivity index (χ2n) is 6.76. The van der Waals surface area contributed by atoms with Crippen LogP contribution in [0, 0.1) is 5.92 Å². The van der Waals surface area contributed by atoms with Crippen LogP contribution in [0.1, 0.15) is 65.2 Å². The molecule has 0 bridgehead atoms. The van der Waals surface area contributed by atoms with Crippen LogP contribution in [0.25, 0.3) is 0 Å². The highest BCUT2D eigenvalue weighted by atomic mass is 31.2. The van der Waals surface area contributed by atoms with Crippen LogP contribution in [0.4, 0.5) is 0 Å². The first-order valence-corrected chi connectivity index (χ1v) is 11.2. The second kappa shape index (κ2) is 14.2. The van der Waals surface area contributed by atoms with Crippen LogP contribution in [0.2, 0.25) is 0 Å². The van der Waals surface area contributed by atoms with Gasteiger partial charge in [0.05, 0.1) is 6.16 Å². The van der Waals surface area contributed by atoms with Gasteiger partial charge in [0.1, 0.15) is 0 Å². The fourth-order valence-electron chi connectivity index (χ4n) is 2.48. The van der Waals surface area contributed by atoms with E-state index in [-0.39, 0.29) is 31.0 Å². The van der Waals surface area contributed by atoms with Crippen molar-refractivity contribution in [2.24, 2.45) is 11.7 Å². The third kappa shape index (κ3) is 13.3. The Morgan fingerprint density at radius 1 is 1.19 bits per heavy atom. The number of rotatable bonds is 16. The van der Waals surface area contributed by atoms with Crippen molar-refractivity contribution in [2.75, 3.05) is 19.3 Å². The van der Waals surface area contributed by atoms with Gasteiger partial charge in [0, 0.05) is 13.0 Å². The molecule has 0 aliphatic carbocycles. The van der Waals surface area contributed by atoms with E-state index in [0.29, 0.717) is 25.8 Å². The van der Waals surface area contributed by atoms with E-state index in [4.69, 9.17) is 15.4 Å². The monoisotopic (exact) mass is 394 g/mol. The van der Waals surface area contributed by atoms with Gasteiger partial charge in [0.25, 0.3) is 0 Å². The first-order chi connectivity index (χ1) is 12.2. The lowest BCUT2D eigenvalue weighted by Gasteiger charge is -2.21. The molecule has 0 heterocycles. The molecule has 26 heavy (non-hydrogen) atoms. The number of carboxylic acid groups (broad SMARTS) is 1. The van der Waals surface area contributed by atoms with Gasteiger partial charge in [0.2, 0.25) is 5.91 Å². The lowest BCUT2D eigenvalue weighted by molar-refractivity contribution is -0.145. The Morgan fingerprint density at radius 2 is 1.88 bits per heavy atom.